The van der Waals surface area contributed by atoms with Crippen LogP contribution >= 0.6 is 0 Å². The van der Waals surface area contributed by atoms with Gasteiger partial charge in [0.1, 0.15) is 5.76 Å². The minimum Gasteiger partial charge on any atom is -0.468 e. The summed E-state index contributed by atoms with van der Waals surface area (Å²) in [6.07, 6.45) is 3.63. The molecule has 1 aromatic heterocycles. The largest absolute Gasteiger partial charge is 0.468 e. The van der Waals surface area contributed by atoms with Crippen molar-refractivity contribution >= 4 is 11.6 Å². The van der Waals surface area contributed by atoms with E-state index in [1.165, 1.54) is 0 Å². The highest BCUT2D eigenvalue weighted by Crippen LogP contribution is 2.25. The highest BCUT2D eigenvalue weighted by atomic mass is 16.3. The average Bonchev–Trinajstić information content (AvgIpc) is 3.19. The van der Waals surface area contributed by atoms with Gasteiger partial charge >= 0.3 is 0 Å². The molecule has 1 saturated heterocycles. The van der Waals surface area contributed by atoms with Gasteiger partial charge in [-0.15, -0.1) is 0 Å². The zero-order valence-corrected chi connectivity index (χ0v) is 14.5. The zero-order chi connectivity index (χ0) is 18.4. The van der Waals surface area contributed by atoms with Crippen molar-refractivity contribution in [1.29, 1.82) is 10.5 Å². The van der Waals surface area contributed by atoms with E-state index in [0.717, 1.165) is 24.3 Å². The molecule has 1 amide bonds. The Balaban J connectivity index is 1.79. The second-order valence-electron chi connectivity index (χ2n) is 6.26. The van der Waals surface area contributed by atoms with Gasteiger partial charge in [0.05, 0.1) is 36.6 Å². The van der Waals surface area contributed by atoms with E-state index in [4.69, 9.17) is 14.9 Å². The fourth-order valence-corrected chi connectivity index (χ4v) is 3.31. The van der Waals surface area contributed by atoms with Crippen LogP contribution in [0.15, 0.2) is 47.1 Å². The average molecular weight is 348 g/mol. The Hall–Kier alpha value is -3.09. The van der Waals surface area contributed by atoms with Crippen LogP contribution in [0.25, 0.3) is 0 Å². The Morgan fingerprint density at radius 1 is 1.23 bits per heavy atom. The molecule has 2 heterocycles. The highest BCUT2D eigenvalue weighted by Gasteiger charge is 2.34. The number of piperidine rings is 1. The van der Waals surface area contributed by atoms with Gasteiger partial charge in [0.2, 0.25) is 5.91 Å². The lowest BCUT2D eigenvalue weighted by Crippen LogP contribution is -2.52. The van der Waals surface area contributed by atoms with Crippen molar-refractivity contribution in [2.45, 2.75) is 31.8 Å². The van der Waals surface area contributed by atoms with Crippen molar-refractivity contribution in [3.05, 3.63) is 54.0 Å². The molecule has 0 N–H and O–H groups in total. The number of amides is 1. The second-order valence-corrected chi connectivity index (χ2v) is 6.26. The summed E-state index contributed by atoms with van der Waals surface area (Å²) in [6, 6.07) is 14.7. The molecule has 6 nitrogen and oxygen atoms in total. The maximum Gasteiger partial charge on any atom is 0.244 e. The van der Waals surface area contributed by atoms with Crippen molar-refractivity contribution < 1.29 is 9.21 Å². The number of benzene rings is 1. The molecule has 2 aromatic rings. The summed E-state index contributed by atoms with van der Waals surface area (Å²) >= 11 is 0. The number of furan rings is 1. The van der Waals surface area contributed by atoms with Crippen LogP contribution in [0.1, 0.15) is 30.6 Å². The van der Waals surface area contributed by atoms with E-state index in [1.54, 1.807) is 23.3 Å². The fraction of sp³-hybridized carbons (Fsp3) is 0.350. The number of rotatable bonds is 6. The number of nitriles is 2. The van der Waals surface area contributed by atoms with Gasteiger partial charge in [-0.05, 0) is 49.2 Å². The van der Waals surface area contributed by atoms with Crippen LogP contribution in [-0.2, 0) is 11.3 Å². The number of nitrogens with zero attached hydrogens (tertiary/aromatic N) is 4. The smallest absolute Gasteiger partial charge is 0.244 e. The van der Waals surface area contributed by atoms with Gasteiger partial charge in [0, 0.05) is 25.2 Å². The normalized spacial score (nSPS) is 17.1. The number of carbonyl (C=O) groups is 1. The van der Waals surface area contributed by atoms with Gasteiger partial charge in [-0.1, -0.05) is 0 Å². The van der Waals surface area contributed by atoms with E-state index in [-0.39, 0.29) is 11.9 Å². The van der Waals surface area contributed by atoms with E-state index >= 15 is 0 Å². The molecule has 0 aliphatic carbocycles. The molecule has 1 aromatic carbocycles. The first-order valence-corrected chi connectivity index (χ1v) is 8.68. The highest BCUT2D eigenvalue weighted by molar-refractivity contribution is 5.98. The summed E-state index contributed by atoms with van der Waals surface area (Å²) in [6.45, 7) is 1.69. The molecular weight excluding hydrogens is 328 g/mol. The van der Waals surface area contributed by atoms with Gasteiger partial charge in [-0.3, -0.25) is 9.69 Å². The molecule has 1 aliphatic heterocycles. The Morgan fingerprint density at radius 2 is 2.04 bits per heavy atom. The third-order valence-corrected chi connectivity index (χ3v) is 4.61. The maximum absolute atomic E-state index is 13.1. The van der Waals surface area contributed by atoms with E-state index in [0.29, 0.717) is 31.6 Å². The van der Waals surface area contributed by atoms with Gasteiger partial charge < -0.3 is 9.32 Å². The Labute approximate surface area is 152 Å². The molecule has 6 heteroatoms. The van der Waals surface area contributed by atoms with Crippen molar-refractivity contribution in [3.63, 3.8) is 0 Å². The number of hydrogen-bond donors (Lipinski definition) is 0. The summed E-state index contributed by atoms with van der Waals surface area (Å²) in [5.74, 6) is 0.816. The second kappa shape index (κ2) is 8.33. The number of hydrogen-bond acceptors (Lipinski definition) is 5. The topological polar surface area (TPSA) is 84.3 Å². The zero-order valence-electron chi connectivity index (χ0n) is 14.5. The van der Waals surface area contributed by atoms with Crippen LogP contribution in [0, 0.1) is 22.7 Å². The maximum atomic E-state index is 13.1. The first-order chi connectivity index (χ1) is 12.7. The lowest BCUT2D eigenvalue weighted by Gasteiger charge is -2.38. The fourth-order valence-electron chi connectivity index (χ4n) is 3.31. The van der Waals surface area contributed by atoms with E-state index in [9.17, 15) is 4.79 Å². The molecule has 26 heavy (non-hydrogen) atoms. The minimum atomic E-state index is -0.280. The molecule has 132 valence electrons. The molecule has 0 radical (unpaired) electrons. The third-order valence-electron chi connectivity index (χ3n) is 4.61. The van der Waals surface area contributed by atoms with E-state index in [2.05, 4.69) is 12.1 Å². The summed E-state index contributed by atoms with van der Waals surface area (Å²) < 4.78 is 5.43. The lowest BCUT2D eigenvalue weighted by atomic mass is 10.0. The Kier molecular flexibility index (Phi) is 5.68. The van der Waals surface area contributed by atoms with Crippen LogP contribution in [0.2, 0.25) is 0 Å². The van der Waals surface area contributed by atoms with Crippen LogP contribution in [0.4, 0.5) is 5.69 Å². The molecule has 0 saturated carbocycles. The van der Waals surface area contributed by atoms with Crippen molar-refractivity contribution in [1.82, 2.24) is 4.90 Å². The molecular formula is C20H20N4O2. The molecule has 1 fully saturated rings. The predicted molar refractivity (Wildman–Crippen MR) is 95.9 cm³/mol. The van der Waals surface area contributed by atoms with E-state index in [1.807, 2.05) is 29.2 Å². The first-order valence-electron chi connectivity index (χ1n) is 8.68. The van der Waals surface area contributed by atoms with Crippen molar-refractivity contribution in [2.24, 2.45) is 0 Å². The van der Waals surface area contributed by atoms with E-state index < -0.39 is 0 Å². The summed E-state index contributed by atoms with van der Waals surface area (Å²) in [4.78, 5) is 16.9. The standard InChI is InChI=1S/C20H20N4O2/c21-10-3-11-23(15-18-4-2-13-26-18)19-5-1-12-24(20(19)25)17-8-6-16(14-22)7-9-17/h2,4,6-9,13,19H,1,3,5,11-12,15H2. The number of anilines is 1. The van der Waals surface area contributed by atoms with Gasteiger partial charge in [0.15, 0.2) is 0 Å². The lowest BCUT2D eigenvalue weighted by molar-refractivity contribution is -0.125. The molecule has 3 rings (SSSR count). The Bertz CT molecular complexity index is 815. The first kappa shape index (κ1) is 17.7. The molecule has 1 atom stereocenters. The van der Waals surface area contributed by atoms with Crippen LogP contribution in [0.3, 0.4) is 0 Å². The summed E-state index contributed by atoms with van der Waals surface area (Å²) in [5.41, 5.74) is 1.38. The molecule has 0 bridgehead atoms. The third kappa shape index (κ3) is 3.93. The van der Waals surface area contributed by atoms with Gasteiger partial charge in [0.25, 0.3) is 0 Å². The van der Waals surface area contributed by atoms with Crippen molar-refractivity contribution in [2.75, 3.05) is 18.0 Å². The predicted octanol–water partition coefficient (Wildman–Crippen LogP) is 3.06. The van der Waals surface area contributed by atoms with Crippen LogP contribution < -0.4 is 4.90 Å². The molecule has 0 spiro atoms. The van der Waals surface area contributed by atoms with Gasteiger partial charge in [-0.2, -0.15) is 10.5 Å². The quantitative estimate of drug-likeness (QED) is 0.801. The SMILES string of the molecule is N#CCCN(Cc1ccco1)C1CCCN(c2ccc(C#N)cc2)C1=O. The molecule has 1 unspecified atom stereocenters. The number of carbonyl (C=O) groups excluding carboxylic acids is 1. The Morgan fingerprint density at radius 3 is 2.69 bits per heavy atom. The monoisotopic (exact) mass is 348 g/mol. The summed E-state index contributed by atoms with van der Waals surface area (Å²) in [5, 5.41) is 17.9. The molecule has 1 aliphatic rings. The minimum absolute atomic E-state index is 0.0328. The summed E-state index contributed by atoms with van der Waals surface area (Å²) in [7, 11) is 0. The van der Waals surface area contributed by atoms with Gasteiger partial charge in [-0.25, -0.2) is 0 Å². The van der Waals surface area contributed by atoms with Crippen molar-refractivity contribution in [3.8, 4) is 12.1 Å². The van der Waals surface area contributed by atoms with Crippen LogP contribution in [0.5, 0.6) is 0 Å². The van der Waals surface area contributed by atoms with Crippen LogP contribution in [-0.4, -0.2) is 29.9 Å².